The van der Waals surface area contributed by atoms with E-state index in [-0.39, 0.29) is 6.10 Å². The van der Waals surface area contributed by atoms with Gasteiger partial charge in [0.05, 0.1) is 18.8 Å². The summed E-state index contributed by atoms with van der Waals surface area (Å²) in [5.41, 5.74) is 0. The second-order valence-corrected chi connectivity index (χ2v) is 3.15. The summed E-state index contributed by atoms with van der Waals surface area (Å²) in [7, 11) is 0. The maximum Gasteiger partial charge on any atom is 0.163 e. The lowest BCUT2D eigenvalue weighted by molar-refractivity contribution is -0.138. The Kier molecular flexibility index (Phi) is 2.48. The Balaban J connectivity index is 2.26. The van der Waals surface area contributed by atoms with Crippen molar-refractivity contribution < 1.29 is 9.47 Å². The number of ether oxygens (including phenoxy) is 2. The molecule has 0 radical (unpaired) electrons. The van der Waals surface area contributed by atoms with Crippen LogP contribution < -0.4 is 0 Å². The first-order chi connectivity index (χ1) is 5.14. The molecule has 3 nitrogen and oxygen atoms in total. The summed E-state index contributed by atoms with van der Waals surface area (Å²) in [6.45, 7) is 4.40. The molecule has 1 aliphatic rings. The van der Waals surface area contributed by atoms with Crippen molar-refractivity contribution in [3.05, 3.63) is 0 Å². The van der Waals surface area contributed by atoms with Gasteiger partial charge in [-0.25, -0.2) is 0 Å². The van der Waals surface area contributed by atoms with Gasteiger partial charge in [-0.1, -0.05) is 0 Å². The standard InChI is InChI=1S/C8H13NO2/c1-8(2)10-6-7(11-8)4-3-5-9/h7H,3-4,6H2,1-2H3/t7-/m0/s1. The molecule has 11 heavy (non-hydrogen) atoms. The van der Waals surface area contributed by atoms with E-state index in [0.717, 1.165) is 6.42 Å². The van der Waals surface area contributed by atoms with Crippen molar-refractivity contribution in [3.63, 3.8) is 0 Å². The van der Waals surface area contributed by atoms with Crippen LogP contribution in [0.1, 0.15) is 26.7 Å². The van der Waals surface area contributed by atoms with Gasteiger partial charge in [-0.15, -0.1) is 0 Å². The monoisotopic (exact) mass is 155 g/mol. The van der Waals surface area contributed by atoms with Crippen LogP contribution in [0, 0.1) is 11.3 Å². The molecule has 3 heteroatoms. The smallest absolute Gasteiger partial charge is 0.163 e. The predicted octanol–water partition coefficient (Wildman–Crippen LogP) is 1.44. The van der Waals surface area contributed by atoms with Crippen LogP contribution in [0.2, 0.25) is 0 Å². The third-order valence-electron chi connectivity index (χ3n) is 1.65. The molecule has 1 atom stereocenters. The molecular weight excluding hydrogens is 142 g/mol. The van der Waals surface area contributed by atoms with E-state index in [2.05, 4.69) is 6.07 Å². The molecule has 1 heterocycles. The van der Waals surface area contributed by atoms with Gasteiger partial charge in [0.2, 0.25) is 0 Å². The van der Waals surface area contributed by atoms with E-state index < -0.39 is 5.79 Å². The van der Waals surface area contributed by atoms with Crippen LogP contribution in [-0.4, -0.2) is 18.5 Å². The summed E-state index contributed by atoms with van der Waals surface area (Å²) < 4.78 is 10.8. The van der Waals surface area contributed by atoms with Crippen molar-refractivity contribution in [1.29, 1.82) is 5.26 Å². The molecule has 1 aliphatic heterocycles. The molecule has 0 unspecified atom stereocenters. The maximum atomic E-state index is 8.31. The molecule has 0 saturated carbocycles. The quantitative estimate of drug-likeness (QED) is 0.606. The first-order valence-electron chi connectivity index (χ1n) is 3.83. The van der Waals surface area contributed by atoms with Gasteiger partial charge in [0, 0.05) is 6.42 Å². The molecule has 0 aromatic carbocycles. The first kappa shape index (κ1) is 8.51. The summed E-state index contributed by atoms with van der Waals surface area (Å²) in [5, 5.41) is 8.31. The molecule has 0 bridgehead atoms. The van der Waals surface area contributed by atoms with Gasteiger partial charge in [-0.05, 0) is 20.3 Å². The Bertz CT molecular complexity index is 171. The number of hydrogen-bond donors (Lipinski definition) is 0. The van der Waals surface area contributed by atoms with Crippen molar-refractivity contribution >= 4 is 0 Å². The number of rotatable bonds is 2. The summed E-state index contributed by atoms with van der Waals surface area (Å²) in [6, 6.07) is 2.09. The minimum Gasteiger partial charge on any atom is -0.348 e. The minimum absolute atomic E-state index is 0.115. The zero-order chi connectivity index (χ0) is 8.32. The zero-order valence-electron chi connectivity index (χ0n) is 6.96. The summed E-state index contributed by atoms with van der Waals surface area (Å²) in [4.78, 5) is 0. The third-order valence-corrected chi connectivity index (χ3v) is 1.65. The minimum atomic E-state index is -0.444. The van der Waals surface area contributed by atoms with Crippen LogP contribution in [-0.2, 0) is 9.47 Å². The van der Waals surface area contributed by atoms with Gasteiger partial charge in [-0.3, -0.25) is 0 Å². The highest BCUT2D eigenvalue weighted by Crippen LogP contribution is 2.24. The summed E-state index contributed by atoms with van der Waals surface area (Å²) >= 11 is 0. The largest absolute Gasteiger partial charge is 0.348 e. The fraction of sp³-hybridized carbons (Fsp3) is 0.875. The highest BCUT2D eigenvalue weighted by atomic mass is 16.7. The van der Waals surface area contributed by atoms with Gasteiger partial charge in [0.25, 0.3) is 0 Å². The Hall–Kier alpha value is -0.590. The average Bonchev–Trinajstić information content (AvgIpc) is 2.26. The van der Waals surface area contributed by atoms with Crippen LogP contribution in [0.4, 0.5) is 0 Å². The van der Waals surface area contributed by atoms with E-state index in [1.54, 1.807) is 0 Å². The lowest BCUT2D eigenvalue weighted by Crippen LogP contribution is -2.21. The van der Waals surface area contributed by atoms with Gasteiger partial charge in [0.15, 0.2) is 5.79 Å². The lowest BCUT2D eigenvalue weighted by atomic mass is 10.2. The zero-order valence-corrected chi connectivity index (χ0v) is 6.96. The molecule has 0 spiro atoms. The fourth-order valence-electron chi connectivity index (χ4n) is 1.13. The van der Waals surface area contributed by atoms with Crippen molar-refractivity contribution in [1.82, 2.24) is 0 Å². The van der Waals surface area contributed by atoms with E-state index in [9.17, 15) is 0 Å². The maximum absolute atomic E-state index is 8.31. The number of nitrogens with zero attached hydrogens (tertiary/aromatic N) is 1. The Morgan fingerprint density at radius 1 is 1.64 bits per heavy atom. The molecule has 0 amide bonds. The van der Waals surface area contributed by atoms with E-state index in [1.165, 1.54) is 0 Å². The number of nitriles is 1. The molecule has 0 aliphatic carbocycles. The Morgan fingerprint density at radius 2 is 2.36 bits per heavy atom. The van der Waals surface area contributed by atoms with E-state index >= 15 is 0 Å². The lowest BCUT2D eigenvalue weighted by Gasteiger charge is -2.16. The van der Waals surface area contributed by atoms with Crippen LogP contribution in [0.15, 0.2) is 0 Å². The van der Waals surface area contributed by atoms with E-state index in [1.807, 2.05) is 13.8 Å². The molecule has 1 rings (SSSR count). The fourth-order valence-corrected chi connectivity index (χ4v) is 1.13. The SMILES string of the molecule is CC1(C)OC[C@H](CCC#N)O1. The molecular formula is C8H13NO2. The van der Waals surface area contributed by atoms with Gasteiger partial charge >= 0.3 is 0 Å². The summed E-state index contributed by atoms with van der Waals surface area (Å²) in [5.74, 6) is -0.444. The molecule has 0 aromatic heterocycles. The topological polar surface area (TPSA) is 42.2 Å². The third kappa shape index (κ3) is 2.49. The normalized spacial score (nSPS) is 28.3. The van der Waals surface area contributed by atoms with Crippen molar-refractivity contribution in [2.45, 2.75) is 38.6 Å². The van der Waals surface area contributed by atoms with E-state index in [0.29, 0.717) is 13.0 Å². The van der Waals surface area contributed by atoms with Crippen molar-refractivity contribution in [2.75, 3.05) is 6.61 Å². The van der Waals surface area contributed by atoms with Gasteiger partial charge in [0.1, 0.15) is 0 Å². The molecule has 1 saturated heterocycles. The molecule has 0 N–H and O–H groups in total. The average molecular weight is 155 g/mol. The highest BCUT2D eigenvalue weighted by molar-refractivity contribution is 4.76. The molecule has 1 fully saturated rings. The van der Waals surface area contributed by atoms with E-state index in [4.69, 9.17) is 14.7 Å². The number of hydrogen-bond acceptors (Lipinski definition) is 3. The Labute approximate surface area is 66.9 Å². The van der Waals surface area contributed by atoms with Crippen LogP contribution in [0.3, 0.4) is 0 Å². The first-order valence-corrected chi connectivity index (χ1v) is 3.83. The summed E-state index contributed by atoms with van der Waals surface area (Å²) in [6.07, 6.45) is 1.44. The second kappa shape index (κ2) is 3.21. The van der Waals surface area contributed by atoms with Gasteiger partial charge < -0.3 is 9.47 Å². The van der Waals surface area contributed by atoms with Crippen LogP contribution in [0.5, 0.6) is 0 Å². The molecule has 62 valence electrons. The van der Waals surface area contributed by atoms with Crippen molar-refractivity contribution in [3.8, 4) is 6.07 Å². The van der Waals surface area contributed by atoms with Crippen molar-refractivity contribution in [2.24, 2.45) is 0 Å². The van der Waals surface area contributed by atoms with Crippen LogP contribution >= 0.6 is 0 Å². The second-order valence-electron chi connectivity index (χ2n) is 3.15. The Morgan fingerprint density at radius 3 is 2.82 bits per heavy atom. The predicted molar refractivity (Wildman–Crippen MR) is 39.8 cm³/mol. The van der Waals surface area contributed by atoms with Crippen LogP contribution in [0.25, 0.3) is 0 Å². The van der Waals surface area contributed by atoms with Gasteiger partial charge in [-0.2, -0.15) is 5.26 Å². The highest BCUT2D eigenvalue weighted by Gasteiger charge is 2.31. The molecule has 0 aromatic rings.